The van der Waals surface area contributed by atoms with Gasteiger partial charge >= 0.3 is 5.69 Å². The van der Waals surface area contributed by atoms with Gasteiger partial charge in [-0.2, -0.15) is 0 Å². The summed E-state index contributed by atoms with van der Waals surface area (Å²) in [6, 6.07) is 6.57. The van der Waals surface area contributed by atoms with Crippen LogP contribution in [0.2, 0.25) is 0 Å². The van der Waals surface area contributed by atoms with E-state index < -0.39 is 17.2 Å². The summed E-state index contributed by atoms with van der Waals surface area (Å²) in [6.45, 7) is 0.285. The van der Waals surface area contributed by atoms with Gasteiger partial charge in [0.25, 0.3) is 5.56 Å². The highest BCUT2D eigenvalue weighted by Crippen LogP contribution is 2.06. The fraction of sp³-hybridized carbons (Fsp3) is 0.0833. The number of benzene rings is 1. The van der Waals surface area contributed by atoms with E-state index in [-0.39, 0.29) is 11.0 Å². The van der Waals surface area contributed by atoms with E-state index in [4.69, 9.17) is 5.73 Å². The Morgan fingerprint density at radius 2 is 1.89 bits per heavy atom. The Morgan fingerprint density at radius 1 is 1.26 bits per heavy atom. The zero-order valence-electron chi connectivity index (χ0n) is 9.72. The number of hydrogen-bond donors (Lipinski definition) is 2. The first-order valence-corrected chi connectivity index (χ1v) is 6.14. The summed E-state index contributed by atoms with van der Waals surface area (Å²) >= 11 is 3.06. The van der Waals surface area contributed by atoms with E-state index in [9.17, 15) is 14.4 Å². The molecule has 0 atom stereocenters. The third-order valence-electron chi connectivity index (χ3n) is 2.56. The topological polar surface area (TPSA) is 97.9 Å². The van der Waals surface area contributed by atoms with Crippen molar-refractivity contribution in [3.63, 3.8) is 0 Å². The number of H-pyrrole nitrogens is 1. The molecule has 98 valence electrons. The number of carbonyl (C=O) groups excluding carboxylic acids is 1. The zero-order chi connectivity index (χ0) is 14.0. The third-order valence-corrected chi connectivity index (χ3v) is 3.12. The molecule has 1 amide bonds. The summed E-state index contributed by atoms with van der Waals surface area (Å²) in [4.78, 5) is 35.9. The molecule has 0 spiro atoms. The smallest absolute Gasteiger partial charge is 0.328 e. The second-order valence-corrected chi connectivity index (χ2v) is 4.78. The van der Waals surface area contributed by atoms with Crippen molar-refractivity contribution in [3.8, 4) is 0 Å². The molecule has 2 aromatic rings. The molecule has 0 bridgehead atoms. The number of rotatable bonds is 3. The number of amides is 1. The van der Waals surface area contributed by atoms with E-state index in [1.807, 2.05) is 0 Å². The minimum atomic E-state index is -0.504. The van der Waals surface area contributed by atoms with Gasteiger partial charge in [0.15, 0.2) is 0 Å². The molecule has 1 heterocycles. The average molecular weight is 324 g/mol. The van der Waals surface area contributed by atoms with Gasteiger partial charge < -0.3 is 5.73 Å². The van der Waals surface area contributed by atoms with Crippen LogP contribution in [0.15, 0.2) is 44.5 Å². The number of aromatic nitrogens is 2. The van der Waals surface area contributed by atoms with Crippen LogP contribution in [-0.4, -0.2) is 15.5 Å². The number of hydrogen-bond acceptors (Lipinski definition) is 3. The summed E-state index contributed by atoms with van der Waals surface area (Å²) < 4.78 is 1.63. The van der Waals surface area contributed by atoms with Crippen molar-refractivity contribution < 1.29 is 4.79 Å². The first kappa shape index (κ1) is 13.3. The van der Waals surface area contributed by atoms with Crippen LogP contribution in [0.4, 0.5) is 0 Å². The van der Waals surface area contributed by atoms with E-state index in [1.54, 1.807) is 24.3 Å². The number of nitrogens with zero attached hydrogens (tertiary/aromatic N) is 1. The highest BCUT2D eigenvalue weighted by atomic mass is 79.9. The molecule has 0 fully saturated rings. The fourth-order valence-electron chi connectivity index (χ4n) is 1.57. The maximum Gasteiger partial charge on any atom is 0.328 e. The molecule has 1 aromatic heterocycles. The molecule has 1 aromatic carbocycles. The lowest BCUT2D eigenvalue weighted by atomic mass is 10.1. The summed E-state index contributed by atoms with van der Waals surface area (Å²) in [5.41, 5.74) is 5.39. The van der Waals surface area contributed by atoms with Crippen LogP contribution in [0.25, 0.3) is 0 Å². The largest absolute Gasteiger partial charge is 0.366 e. The highest BCUT2D eigenvalue weighted by Gasteiger charge is 2.04. The monoisotopic (exact) mass is 323 g/mol. The molecule has 0 aliphatic rings. The lowest BCUT2D eigenvalue weighted by molar-refractivity contribution is 0.100. The van der Waals surface area contributed by atoms with Gasteiger partial charge in [-0.1, -0.05) is 12.1 Å². The third kappa shape index (κ3) is 3.00. The Bertz CT molecular complexity index is 731. The molecule has 0 aliphatic heterocycles. The van der Waals surface area contributed by atoms with Crippen LogP contribution in [0.1, 0.15) is 15.9 Å². The molecule has 0 aliphatic carbocycles. The van der Waals surface area contributed by atoms with E-state index >= 15 is 0 Å². The lowest BCUT2D eigenvalue weighted by Crippen LogP contribution is -2.30. The first-order chi connectivity index (χ1) is 8.97. The molecule has 6 nitrogen and oxygen atoms in total. The van der Waals surface area contributed by atoms with Gasteiger partial charge in [-0.15, -0.1) is 0 Å². The van der Waals surface area contributed by atoms with Crippen LogP contribution in [0, 0.1) is 0 Å². The Kier molecular flexibility index (Phi) is 3.66. The second-order valence-electron chi connectivity index (χ2n) is 3.93. The minimum Gasteiger partial charge on any atom is -0.366 e. The van der Waals surface area contributed by atoms with Gasteiger partial charge in [0.2, 0.25) is 5.91 Å². The first-order valence-electron chi connectivity index (χ1n) is 5.35. The second kappa shape index (κ2) is 5.23. The Labute approximate surface area is 116 Å². The minimum absolute atomic E-state index is 0.279. The predicted octanol–water partition coefficient (Wildman–Crippen LogP) is 0.446. The maximum absolute atomic E-state index is 11.6. The zero-order valence-corrected chi connectivity index (χ0v) is 11.3. The summed E-state index contributed by atoms with van der Waals surface area (Å²) in [5, 5.41) is 0. The predicted molar refractivity (Wildman–Crippen MR) is 73.1 cm³/mol. The van der Waals surface area contributed by atoms with Crippen molar-refractivity contribution >= 4 is 21.8 Å². The quantitative estimate of drug-likeness (QED) is 0.857. The number of primary amides is 1. The standard InChI is InChI=1S/C12H10BrN3O3/c13-9-6-16(12(19)15-11(9)18)5-7-1-3-8(4-2-7)10(14)17/h1-4,6H,5H2,(H2,14,17)(H,15,18,19). The molecule has 0 saturated heterocycles. The van der Waals surface area contributed by atoms with E-state index in [0.29, 0.717) is 5.56 Å². The summed E-state index contributed by atoms with van der Waals surface area (Å²) in [6.07, 6.45) is 1.42. The molecule has 2 rings (SSSR count). The van der Waals surface area contributed by atoms with Gasteiger partial charge in [0.1, 0.15) is 0 Å². The van der Waals surface area contributed by atoms with Gasteiger partial charge in [0.05, 0.1) is 11.0 Å². The number of carbonyl (C=O) groups is 1. The van der Waals surface area contributed by atoms with Crippen LogP contribution in [-0.2, 0) is 6.54 Å². The Hall–Kier alpha value is -2.15. The number of halogens is 1. The molecule has 0 unspecified atom stereocenters. The summed E-state index contributed by atoms with van der Waals surface area (Å²) in [5.74, 6) is -0.504. The van der Waals surface area contributed by atoms with Gasteiger partial charge in [-0.3, -0.25) is 19.1 Å². The van der Waals surface area contributed by atoms with Crippen molar-refractivity contribution in [1.29, 1.82) is 0 Å². The molecule has 19 heavy (non-hydrogen) atoms. The fourth-order valence-corrected chi connectivity index (χ4v) is 1.92. The Balaban J connectivity index is 2.31. The normalized spacial score (nSPS) is 10.4. The maximum atomic E-state index is 11.6. The molecule has 0 saturated carbocycles. The molecule has 7 heteroatoms. The average Bonchev–Trinajstić information content (AvgIpc) is 2.36. The van der Waals surface area contributed by atoms with Crippen LogP contribution >= 0.6 is 15.9 Å². The molecule has 0 radical (unpaired) electrons. The van der Waals surface area contributed by atoms with Crippen LogP contribution < -0.4 is 17.0 Å². The van der Waals surface area contributed by atoms with Gasteiger partial charge in [-0.25, -0.2) is 4.79 Å². The lowest BCUT2D eigenvalue weighted by Gasteiger charge is -2.06. The SMILES string of the molecule is NC(=O)c1ccc(Cn2cc(Br)c(=O)[nH]c2=O)cc1. The van der Waals surface area contributed by atoms with Crippen molar-refractivity contribution in [3.05, 3.63) is 66.9 Å². The molecular formula is C12H10BrN3O3. The highest BCUT2D eigenvalue weighted by molar-refractivity contribution is 9.10. The molecular weight excluding hydrogens is 314 g/mol. The number of aromatic amines is 1. The van der Waals surface area contributed by atoms with Crippen molar-refractivity contribution in [2.24, 2.45) is 5.73 Å². The van der Waals surface area contributed by atoms with Crippen molar-refractivity contribution in [2.75, 3.05) is 0 Å². The van der Waals surface area contributed by atoms with Crippen molar-refractivity contribution in [1.82, 2.24) is 9.55 Å². The summed E-state index contributed by atoms with van der Waals surface area (Å²) in [7, 11) is 0. The number of nitrogens with one attached hydrogen (secondary N) is 1. The Morgan fingerprint density at radius 3 is 2.47 bits per heavy atom. The van der Waals surface area contributed by atoms with E-state index in [1.165, 1.54) is 10.8 Å². The van der Waals surface area contributed by atoms with Crippen LogP contribution in [0.3, 0.4) is 0 Å². The van der Waals surface area contributed by atoms with Gasteiger partial charge in [0, 0.05) is 11.8 Å². The van der Waals surface area contributed by atoms with Crippen molar-refractivity contribution in [2.45, 2.75) is 6.54 Å². The molecule has 3 N–H and O–H groups in total. The van der Waals surface area contributed by atoms with E-state index in [2.05, 4.69) is 20.9 Å². The van der Waals surface area contributed by atoms with E-state index in [0.717, 1.165) is 5.56 Å². The number of nitrogens with two attached hydrogens (primary N) is 1. The van der Waals surface area contributed by atoms with Crippen LogP contribution in [0.5, 0.6) is 0 Å². The van der Waals surface area contributed by atoms with Gasteiger partial charge in [-0.05, 0) is 33.6 Å².